The molecule has 0 saturated heterocycles. The highest BCUT2D eigenvalue weighted by Gasteiger charge is 2.29. The van der Waals surface area contributed by atoms with Gasteiger partial charge in [0.2, 0.25) is 0 Å². The average molecular weight is 269 g/mol. The van der Waals surface area contributed by atoms with Gasteiger partial charge in [-0.15, -0.1) is 0 Å². The van der Waals surface area contributed by atoms with Crippen LogP contribution in [0.4, 0.5) is 0 Å². The fourth-order valence-electron chi connectivity index (χ4n) is 3.25. The molecule has 0 atom stereocenters. The van der Waals surface area contributed by atoms with Gasteiger partial charge in [0.05, 0.1) is 0 Å². The summed E-state index contributed by atoms with van der Waals surface area (Å²) in [5.74, 6) is 1.85. The normalized spacial score (nSPS) is 24.6. The summed E-state index contributed by atoms with van der Waals surface area (Å²) in [5, 5.41) is 12.3. The molecule has 2 nitrogen and oxygen atoms in total. The lowest BCUT2D eigenvalue weighted by Crippen LogP contribution is -2.31. The number of rotatable bonds is 8. The summed E-state index contributed by atoms with van der Waals surface area (Å²) in [7, 11) is 0. The van der Waals surface area contributed by atoms with Gasteiger partial charge in [-0.3, -0.25) is 0 Å². The van der Waals surface area contributed by atoms with E-state index >= 15 is 0 Å². The molecule has 1 fully saturated rings. The summed E-state index contributed by atoms with van der Waals surface area (Å²) in [6.07, 6.45) is 10.3. The second-order valence-corrected chi connectivity index (χ2v) is 7.43. The highest BCUT2D eigenvalue weighted by atomic mass is 16.2. The van der Waals surface area contributed by atoms with Crippen LogP contribution in [0.3, 0.4) is 0 Å². The predicted molar refractivity (Wildman–Crippen MR) is 83.3 cm³/mol. The van der Waals surface area contributed by atoms with E-state index < -0.39 is 0 Å². The highest BCUT2D eigenvalue weighted by molar-refractivity contribution is 4.81. The summed E-state index contributed by atoms with van der Waals surface area (Å²) >= 11 is 0. The molecule has 0 radical (unpaired) electrons. The summed E-state index contributed by atoms with van der Waals surface area (Å²) in [6.45, 7) is 9.90. The minimum atomic E-state index is 0.352. The first-order chi connectivity index (χ1) is 9.04. The molecule has 0 aromatic rings. The van der Waals surface area contributed by atoms with Crippen molar-refractivity contribution in [2.24, 2.45) is 17.3 Å². The maximum Gasteiger partial charge on any atom is 0.0431 e. The van der Waals surface area contributed by atoms with Gasteiger partial charge in [0, 0.05) is 6.61 Å². The number of unbranched alkanes of at least 4 members (excludes halogenated alkanes) is 3. The number of hydrogen-bond donors (Lipinski definition) is 2. The number of aliphatic hydroxyl groups excluding tert-OH is 1. The lowest BCUT2D eigenvalue weighted by atomic mass is 9.70. The predicted octanol–water partition coefficient (Wildman–Crippen LogP) is 3.98. The van der Waals surface area contributed by atoms with E-state index in [9.17, 15) is 0 Å². The molecule has 0 aliphatic heterocycles. The average Bonchev–Trinajstić information content (AvgIpc) is 2.37. The molecule has 0 amide bonds. The van der Waals surface area contributed by atoms with Gasteiger partial charge in [-0.25, -0.2) is 0 Å². The smallest absolute Gasteiger partial charge is 0.0431 e. The van der Waals surface area contributed by atoms with E-state index in [4.69, 9.17) is 5.11 Å². The third kappa shape index (κ3) is 7.31. The van der Waals surface area contributed by atoms with Crippen molar-refractivity contribution in [2.75, 3.05) is 19.7 Å². The largest absolute Gasteiger partial charge is 0.396 e. The van der Waals surface area contributed by atoms with E-state index in [1.54, 1.807) is 0 Å². The topological polar surface area (TPSA) is 32.3 Å². The molecular weight excluding hydrogens is 234 g/mol. The molecule has 0 spiro atoms. The van der Waals surface area contributed by atoms with Crippen LogP contribution in [0, 0.1) is 17.3 Å². The van der Waals surface area contributed by atoms with Gasteiger partial charge in [0.1, 0.15) is 0 Å². The van der Waals surface area contributed by atoms with Gasteiger partial charge in [-0.2, -0.15) is 0 Å². The van der Waals surface area contributed by atoms with Crippen molar-refractivity contribution >= 4 is 0 Å². The Hall–Kier alpha value is -0.0800. The van der Waals surface area contributed by atoms with Crippen LogP contribution in [0.25, 0.3) is 0 Å². The molecule has 1 saturated carbocycles. The third-order valence-corrected chi connectivity index (χ3v) is 4.77. The van der Waals surface area contributed by atoms with Crippen molar-refractivity contribution in [1.29, 1.82) is 0 Å². The lowest BCUT2D eigenvalue weighted by molar-refractivity contribution is 0.149. The summed E-state index contributed by atoms with van der Waals surface area (Å²) in [5.41, 5.74) is 0.505. The van der Waals surface area contributed by atoms with Crippen LogP contribution in [0.15, 0.2) is 0 Å². The molecule has 0 aromatic carbocycles. The van der Waals surface area contributed by atoms with Gasteiger partial charge in [-0.1, -0.05) is 33.6 Å². The quantitative estimate of drug-likeness (QED) is 0.653. The van der Waals surface area contributed by atoms with Gasteiger partial charge in [-0.05, 0) is 68.9 Å². The Morgan fingerprint density at radius 1 is 0.947 bits per heavy atom. The van der Waals surface area contributed by atoms with Crippen molar-refractivity contribution < 1.29 is 5.11 Å². The summed E-state index contributed by atoms with van der Waals surface area (Å²) in [4.78, 5) is 0. The van der Waals surface area contributed by atoms with Crippen LogP contribution >= 0.6 is 0 Å². The van der Waals surface area contributed by atoms with Gasteiger partial charge in [0.15, 0.2) is 0 Å². The first-order valence-electron chi connectivity index (χ1n) is 8.35. The highest BCUT2D eigenvalue weighted by Crippen LogP contribution is 2.39. The Kier molecular flexibility index (Phi) is 8.01. The maximum atomic E-state index is 8.70. The Labute approximate surface area is 120 Å². The maximum absolute atomic E-state index is 8.70. The molecule has 0 heterocycles. The molecule has 2 N–H and O–H groups in total. The van der Waals surface area contributed by atoms with E-state index in [0.717, 1.165) is 24.8 Å². The zero-order chi connectivity index (χ0) is 14.1. The molecule has 2 heteroatoms. The van der Waals surface area contributed by atoms with Gasteiger partial charge < -0.3 is 10.4 Å². The molecule has 0 unspecified atom stereocenters. The molecule has 1 aliphatic rings. The van der Waals surface area contributed by atoms with Gasteiger partial charge >= 0.3 is 0 Å². The molecular formula is C17H35NO. The zero-order valence-electron chi connectivity index (χ0n) is 13.4. The Bertz CT molecular complexity index is 214. The monoisotopic (exact) mass is 269 g/mol. The van der Waals surface area contributed by atoms with E-state index in [2.05, 4.69) is 26.1 Å². The van der Waals surface area contributed by atoms with Crippen LogP contribution in [0.1, 0.15) is 72.1 Å². The Morgan fingerprint density at radius 2 is 1.58 bits per heavy atom. The van der Waals surface area contributed by atoms with Crippen LogP contribution in [-0.4, -0.2) is 24.8 Å². The Morgan fingerprint density at radius 3 is 2.16 bits per heavy atom. The van der Waals surface area contributed by atoms with E-state index in [1.807, 2.05) is 0 Å². The molecule has 19 heavy (non-hydrogen) atoms. The zero-order valence-corrected chi connectivity index (χ0v) is 13.4. The third-order valence-electron chi connectivity index (χ3n) is 4.77. The number of nitrogens with one attached hydrogen (secondary N) is 1. The van der Waals surface area contributed by atoms with Crippen molar-refractivity contribution in [3.05, 3.63) is 0 Å². The fourth-order valence-corrected chi connectivity index (χ4v) is 3.25. The van der Waals surface area contributed by atoms with Crippen LogP contribution < -0.4 is 5.32 Å². The first kappa shape index (κ1) is 17.0. The number of aliphatic hydroxyl groups is 1. The minimum absolute atomic E-state index is 0.352. The summed E-state index contributed by atoms with van der Waals surface area (Å²) < 4.78 is 0. The summed E-state index contributed by atoms with van der Waals surface area (Å²) in [6, 6.07) is 0. The SMILES string of the molecule is CC(C)(C)C1CCC(CNCCCCCCO)CC1. The molecule has 0 aromatic heterocycles. The standard InChI is InChI=1S/C17H35NO/c1-17(2,3)16-10-8-15(9-11-16)14-18-12-6-4-5-7-13-19/h15-16,18-19H,4-14H2,1-3H3. The van der Waals surface area contributed by atoms with Crippen molar-refractivity contribution in [1.82, 2.24) is 5.32 Å². The van der Waals surface area contributed by atoms with Crippen LogP contribution in [-0.2, 0) is 0 Å². The molecule has 1 rings (SSSR count). The Balaban J connectivity index is 1.98. The molecule has 1 aliphatic carbocycles. The van der Waals surface area contributed by atoms with Crippen molar-refractivity contribution in [2.45, 2.75) is 72.1 Å². The second-order valence-electron chi connectivity index (χ2n) is 7.43. The molecule has 0 bridgehead atoms. The van der Waals surface area contributed by atoms with Crippen molar-refractivity contribution in [3.63, 3.8) is 0 Å². The second kappa shape index (κ2) is 8.97. The van der Waals surface area contributed by atoms with Crippen LogP contribution in [0.2, 0.25) is 0 Å². The van der Waals surface area contributed by atoms with E-state index in [-0.39, 0.29) is 0 Å². The first-order valence-corrected chi connectivity index (χ1v) is 8.35. The van der Waals surface area contributed by atoms with Gasteiger partial charge in [0.25, 0.3) is 0 Å². The fraction of sp³-hybridized carbons (Fsp3) is 1.00. The lowest BCUT2D eigenvalue weighted by Gasteiger charge is -2.37. The van der Waals surface area contributed by atoms with Crippen LogP contribution in [0.5, 0.6) is 0 Å². The minimum Gasteiger partial charge on any atom is -0.396 e. The van der Waals surface area contributed by atoms with Crippen molar-refractivity contribution in [3.8, 4) is 0 Å². The van der Waals surface area contributed by atoms with E-state index in [0.29, 0.717) is 12.0 Å². The number of hydrogen-bond acceptors (Lipinski definition) is 2. The molecule has 114 valence electrons. The van der Waals surface area contributed by atoms with E-state index in [1.165, 1.54) is 51.5 Å².